The molecule has 1 saturated heterocycles. The molecule has 0 aliphatic carbocycles. The quantitative estimate of drug-likeness (QED) is 0.889. The van der Waals surface area contributed by atoms with Crippen LogP contribution in [0.4, 0.5) is 4.79 Å². The van der Waals surface area contributed by atoms with Crippen LogP contribution in [0.3, 0.4) is 0 Å². The van der Waals surface area contributed by atoms with Crippen LogP contribution in [-0.4, -0.2) is 65.2 Å². The number of aromatic nitrogens is 2. The van der Waals surface area contributed by atoms with Crippen LogP contribution in [-0.2, 0) is 19.9 Å². The maximum atomic E-state index is 12.6. The zero-order valence-electron chi connectivity index (χ0n) is 16.0. The summed E-state index contributed by atoms with van der Waals surface area (Å²) in [6, 6.07) is 6.45. The summed E-state index contributed by atoms with van der Waals surface area (Å²) in [5, 5.41) is 3.07. The SMILES string of the molecule is CN1CCN(C(=O)NCCc2ccc3c(c2)CCO3)CC1c1nccn1C. The Labute approximate surface area is 159 Å². The highest BCUT2D eigenvalue weighted by atomic mass is 16.5. The molecule has 1 fully saturated rings. The zero-order valence-corrected chi connectivity index (χ0v) is 16.0. The number of urea groups is 1. The number of benzene rings is 1. The van der Waals surface area contributed by atoms with E-state index in [9.17, 15) is 4.79 Å². The molecule has 1 aromatic heterocycles. The Hall–Kier alpha value is -2.54. The fourth-order valence-electron chi connectivity index (χ4n) is 3.86. The first-order chi connectivity index (χ1) is 13.1. The maximum absolute atomic E-state index is 12.6. The first kappa shape index (κ1) is 17.9. The number of imidazole rings is 1. The van der Waals surface area contributed by atoms with Gasteiger partial charge in [0.1, 0.15) is 11.6 Å². The second-order valence-electron chi connectivity index (χ2n) is 7.36. The lowest BCUT2D eigenvalue weighted by Crippen LogP contribution is -2.52. The molecule has 0 saturated carbocycles. The van der Waals surface area contributed by atoms with Crippen molar-refractivity contribution in [3.63, 3.8) is 0 Å². The fourth-order valence-corrected chi connectivity index (χ4v) is 3.86. The first-order valence-electron chi connectivity index (χ1n) is 9.56. The summed E-state index contributed by atoms with van der Waals surface area (Å²) < 4.78 is 7.57. The van der Waals surface area contributed by atoms with E-state index in [2.05, 4.69) is 34.4 Å². The number of carbonyl (C=O) groups excluding carboxylic acids is 1. The van der Waals surface area contributed by atoms with E-state index in [0.29, 0.717) is 13.1 Å². The van der Waals surface area contributed by atoms with Crippen LogP contribution in [0.1, 0.15) is 23.0 Å². The molecule has 1 unspecified atom stereocenters. The number of amides is 2. The predicted octanol–water partition coefficient (Wildman–Crippen LogP) is 1.60. The Morgan fingerprint density at radius 3 is 3.04 bits per heavy atom. The lowest BCUT2D eigenvalue weighted by Gasteiger charge is -2.38. The molecule has 2 aromatic rings. The molecule has 0 spiro atoms. The van der Waals surface area contributed by atoms with Crippen molar-refractivity contribution < 1.29 is 9.53 Å². The van der Waals surface area contributed by atoms with Crippen molar-refractivity contribution in [1.82, 2.24) is 24.7 Å². The molecule has 2 amide bonds. The highest BCUT2D eigenvalue weighted by Crippen LogP contribution is 2.26. The monoisotopic (exact) mass is 369 g/mol. The number of rotatable bonds is 4. The number of carbonyl (C=O) groups is 1. The van der Waals surface area contributed by atoms with Crippen molar-refractivity contribution in [2.45, 2.75) is 18.9 Å². The van der Waals surface area contributed by atoms with Crippen LogP contribution in [0.25, 0.3) is 0 Å². The maximum Gasteiger partial charge on any atom is 0.317 e. The summed E-state index contributed by atoms with van der Waals surface area (Å²) in [5.41, 5.74) is 2.51. The summed E-state index contributed by atoms with van der Waals surface area (Å²) in [7, 11) is 4.09. The van der Waals surface area contributed by atoms with Gasteiger partial charge in [0.15, 0.2) is 0 Å². The van der Waals surface area contributed by atoms with Gasteiger partial charge in [-0.05, 0) is 30.7 Å². The fraction of sp³-hybridized carbons (Fsp3) is 0.500. The number of ether oxygens (including phenoxy) is 1. The Balaban J connectivity index is 1.31. The molecule has 1 N–H and O–H groups in total. The van der Waals surface area contributed by atoms with Gasteiger partial charge in [0.05, 0.1) is 12.6 Å². The molecule has 27 heavy (non-hydrogen) atoms. The first-order valence-corrected chi connectivity index (χ1v) is 9.56. The molecule has 3 heterocycles. The normalized spacial score (nSPS) is 19.6. The lowest BCUT2D eigenvalue weighted by atomic mass is 10.1. The van der Waals surface area contributed by atoms with Crippen molar-refractivity contribution in [2.24, 2.45) is 7.05 Å². The third-order valence-electron chi connectivity index (χ3n) is 5.54. The average molecular weight is 369 g/mol. The van der Waals surface area contributed by atoms with Crippen LogP contribution in [0, 0.1) is 0 Å². The molecule has 7 heteroatoms. The molecular formula is C20H27N5O2. The van der Waals surface area contributed by atoms with E-state index in [1.807, 2.05) is 35.0 Å². The van der Waals surface area contributed by atoms with Crippen LogP contribution in [0.15, 0.2) is 30.6 Å². The van der Waals surface area contributed by atoms with Gasteiger partial charge in [-0.15, -0.1) is 0 Å². The molecular weight excluding hydrogens is 342 g/mol. The number of aryl methyl sites for hydroxylation is 1. The van der Waals surface area contributed by atoms with Crippen molar-refractivity contribution in [3.8, 4) is 5.75 Å². The summed E-state index contributed by atoms with van der Waals surface area (Å²) in [6.45, 7) is 3.65. The third-order valence-corrected chi connectivity index (χ3v) is 5.54. The van der Waals surface area contributed by atoms with Gasteiger partial charge in [0, 0.05) is 52.0 Å². The van der Waals surface area contributed by atoms with Crippen molar-refractivity contribution in [3.05, 3.63) is 47.5 Å². The molecule has 1 aromatic carbocycles. The second kappa shape index (κ2) is 7.60. The number of nitrogens with one attached hydrogen (secondary N) is 1. The van der Waals surface area contributed by atoms with Gasteiger partial charge in [-0.25, -0.2) is 9.78 Å². The Morgan fingerprint density at radius 1 is 1.33 bits per heavy atom. The van der Waals surface area contributed by atoms with E-state index in [-0.39, 0.29) is 12.1 Å². The van der Waals surface area contributed by atoms with Gasteiger partial charge >= 0.3 is 6.03 Å². The number of likely N-dealkylation sites (N-methyl/N-ethyl adjacent to an activating group) is 1. The number of hydrogen-bond donors (Lipinski definition) is 1. The molecule has 1 atom stereocenters. The minimum absolute atomic E-state index is 0.00630. The minimum Gasteiger partial charge on any atom is -0.493 e. The Bertz CT molecular complexity index is 818. The number of nitrogens with zero attached hydrogens (tertiary/aromatic N) is 4. The Kier molecular flexibility index (Phi) is 5.03. The van der Waals surface area contributed by atoms with E-state index in [4.69, 9.17) is 4.74 Å². The van der Waals surface area contributed by atoms with E-state index in [0.717, 1.165) is 44.1 Å². The summed E-state index contributed by atoms with van der Waals surface area (Å²) in [5.74, 6) is 2.00. The largest absolute Gasteiger partial charge is 0.493 e. The van der Waals surface area contributed by atoms with Crippen LogP contribution >= 0.6 is 0 Å². The highest BCUT2D eigenvalue weighted by molar-refractivity contribution is 5.74. The van der Waals surface area contributed by atoms with E-state index in [1.54, 1.807) is 0 Å². The van der Waals surface area contributed by atoms with E-state index < -0.39 is 0 Å². The standard InChI is InChI=1S/C20H27N5O2/c1-23-10-11-25(14-17(23)19-21-8-9-24(19)2)20(26)22-7-5-15-3-4-18-16(13-15)6-12-27-18/h3-4,8-9,13,17H,5-7,10-12,14H2,1-2H3,(H,22,26). The van der Waals surface area contributed by atoms with Gasteiger partial charge in [-0.2, -0.15) is 0 Å². The molecule has 4 rings (SSSR count). The highest BCUT2D eigenvalue weighted by Gasteiger charge is 2.30. The van der Waals surface area contributed by atoms with Crippen LogP contribution in [0.5, 0.6) is 5.75 Å². The van der Waals surface area contributed by atoms with Crippen LogP contribution < -0.4 is 10.1 Å². The topological polar surface area (TPSA) is 62.6 Å². The van der Waals surface area contributed by atoms with Crippen LogP contribution in [0.2, 0.25) is 0 Å². The smallest absolute Gasteiger partial charge is 0.317 e. The summed E-state index contributed by atoms with van der Waals surface area (Å²) in [4.78, 5) is 21.3. The van der Waals surface area contributed by atoms with Crippen molar-refractivity contribution >= 4 is 6.03 Å². The van der Waals surface area contributed by atoms with E-state index >= 15 is 0 Å². The second-order valence-corrected chi connectivity index (χ2v) is 7.36. The van der Waals surface area contributed by atoms with Gasteiger partial charge < -0.3 is 19.5 Å². The zero-order chi connectivity index (χ0) is 18.8. The molecule has 2 aliphatic rings. The third kappa shape index (κ3) is 3.78. The molecule has 2 aliphatic heterocycles. The summed E-state index contributed by atoms with van der Waals surface area (Å²) in [6.07, 6.45) is 5.56. The molecule has 144 valence electrons. The molecule has 0 bridgehead atoms. The number of piperazine rings is 1. The van der Waals surface area contributed by atoms with Crippen molar-refractivity contribution in [2.75, 3.05) is 39.8 Å². The molecule has 7 nitrogen and oxygen atoms in total. The number of fused-ring (bicyclic) bond motifs is 1. The predicted molar refractivity (Wildman–Crippen MR) is 103 cm³/mol. The van der Waals surface area contributed by atoms with Gasteiger partial charge in [0.2, 0.25) is 0 Å². The minimum atomic E-state index is 0.00630. The van der Waals surface area contributed by atoms with Gasteiger partial charge in [-0.1, -0.05) is 12.1 Å². The van der Waals surface area contributed by atoms with Gasteiger partial charge in [-0.3, -0.25) is 4.90 Å². The number of hydrogen-bond acceptors (Lipinski definition) is 4. The Morgan fingerprint density at radius 2 is 2.22 bits per heavy atom. The molecule has 0 radical (unpaired) electrons. The lowest BCUT2D eigenvalue weighted by molar-refractivity contribution is 0.104. The van der Waals surface area contributed by atoms with Gasteiger partial charge in [0.25, 0.3) is 0 Å². The average Bonchev–Trinajstić information content (AvgIpc) is 3.30. The van der Waals surface area contributed by atoms with E-state index in [1.165, 1.54) is 11.1 Å². The summed E-state index contributed by atoms with van der Waals surface area (Å²) >= 11 is 0. The van der Waals surface area contributed by atoms with Crippen molar-refractivity contribution in [1.29, 1.82) is 0 Å².